The van der Waals surface area contributed by atoms with Gasteiger partial charge in [0.15, 0.2) is 0 Å². The highest BCUT2D eigenvalue weighted by atomic mass is 32.2. The molecule has 0 saturated heterocycles. The van der Waals surface area contributed by atoms with E-state index < -0.39 is 10.0 Å². The van der Waals surface area contributed by atoms with E-state index in [1.165, 1.54) is 0 Å². The summed E-state index contributed by atoms with van der Waals surface area (Å²) in [7, 11) is -3.09. The van der Waals surface area contributed by atoms with Gasteiger partial charge >= 0.3 is 0 Å². The van der Waals surface area contributed by atoms with Gasteiger partial charge in [0.1, 0.15) is 0 Å². The Morgan fingerprint density at radius 2 is 1.92 bits per heavy atom. The number of hydrogen-bond donors (Lipinski definition) is 1. The maximum atomic E-state index is 11.2. The van der Waals surface area contributed by atoms with Crippen LogP contribution in [0.2, 0.25) is 0 Å². The fourth-order valence-electron chi connectivity index (χ4n) is 0.529. The Kier molecular flexibility index (Phi) is 4.49. The molecule has 12 heavy (non-hydrogen) atoms. The second kappa shape index (κ2) is 4.62. The van der Waals surface area contributed by atoms with Crippen LogP contribution in [0.15, 0.2) is 11.6 Å². The summed E-state index contributed by atoms with van der Waals surface area (Å²) in [4.78, 5) is 0. The van der Waals surface area contributed by atoms with Crippen molar-refractivity contribution in [2.45, 2.75) is 32.9 Å². The lowest BCUT2D eigenvalue weighted by Gasteiger charge is -2.06. The van der Waals surface area contributed by atoms with Crippen molar-refractivity contribution in [3.63, 3.8) is 0 Å². The first kappa shape index (κ1) is 11.6. The van der Waals surface area contributed by atoms with E-state index in [4.69, 9.17) is 0 Å². The standard InChI is InChI=1S/C8H17NO2S/c1-7(2)5-6-9-12(10,11)8(3)4/h5,8-9H,6H2,1-4H3. The highest BCUT2D eigenvalue weighted by Crippen LogP contribution is 1.95. The van der Waals surface area contributed by atoms with Crippen molar-refractivity contribution in [2.24, 2.45) is 0 Å². The zero-order chi connectivity index (χ0) is 9.78. The lowest BCUT2D eigenvalue weighted by molar-refractivity contribution is 0.576. The maximum Gasteiger partial charge on any atom is 0.214 e. The van der Waals surface area contributed by atoms with Crippen molar-refractivity contribution in [3.8, 4) is 0 Å². The van der Waals surface area contributed by atoms with Gasteiger partial charge in [0, 0.05) is 6.54 Å². The van der Waals surface area contributed by atoms with Gasteiger partial charge in [-0.15, -0.1) is 0 Å². The Hall–Kier alpha value is -0.350. The molecule has 3 nitrogen and oxygen atoms in total. The lowest BCUT2D eigenvalue weighted by Crippen LogP contribution is -2.30. The van der Waals surface area contributed by atoms with Crippen LogP contribution in [0, 0.1) is 0 Å². The molecule has 0 aromatic carbocycles. The first-order chi connectivity index (χ1) is 5.36. The van der Waals surface area contributed by atoms with Gasteiger partial charge in [-0.1, -0.05) is 11.6 Å². The summed E-state index contributed by atoms with van der Waals surface area (Å²) in [6.07, 6.45) is 1.85. The number of rotatable bonds is 4. The van der Waals surface area contributed by atoms with Crippen LogP contribution in [0.25, 0.3) is 0 Å². The molecule has 0 saturated carbocycles. The van der Waals surface area contributed by atoms with Crippen molar-refractivity contribution >= 4 is 10.0 Å². The van der Waals surface area contributed by atoms with E-state index in [1.54, 1.807) is 13.8 Å². The number of hydrogen-bond acceptors (Lipinski definition) is 2. The van der Waals surface area contributed by atoms with Crippen LogP contribution in [-0.4, -0.2) is 20.2 Å². The molecule has 0 aliphatic heterocycles. The lowest BCUT2D eigenvalue weighted by atomic mass is 10.3. The SMILES string of the molecule is CC(C)=CCNS(=O)(=O)C(C)C. The van der Waals surface area contributed by atoms with Crippen molar-refractivity contribution in [3.05, 3.63) is 11.6 Å². The van der Waals surface area contributed by atoms with Crippen molar-refractivity contribution < 1.29 is 8.42 Å². The van der Waals surface area contributed by atoms with Gasteiger partial charge in [-0.25, -0.2) is 13.1 Å². The number of nitrogens with one attached hydrogen (secondary N) is 1. The quantitative estimate of drug-likeness (QED) is 0.680. The molecule has 0 radical (unpaired) electrons. The van der Waals surface area contributed by atoms with E-state index in [-0.39, 0.29) is 5.25 Å². The van der Waals surface area contributed by atoms with Gasteiger partial charge in [0.25, 0.3) is 0 Å². The molecule has 0 unspecified atom stereocenters. The third-order valence-electron chi connectivity index (χ3n) is 1.42. The minimum Gasteiger partial charge on any atom is -0.212 e. The summed E-state index contributed by atoms with van der Waals surface area (Å²) in [6, 6.07) is 0. The normalized spacial score (nSPS) is 11.8. The molecule has 0 heterocycles. The molecule has 1 N–H and O–H groups in total. The molecule has 0 atom stereocenters. The van der Waals surface area contributed by atoms with Gasteiger partial charge in [0.2, 0.25) is 10.0 Å². The predicted molar refractivity (Wildman–Crippen MR) is 51.5 cm³/mol. The molecule has 0 fully saturated rings. The Balaban J connectivity index is 4.03. The predicted octanol–water partition coefficient (Wildman–Crippen LogP) is 1.28. The van der Waals surface area contributed by atoms with Crippen molar-refractivity contribution in [1.82, 2.24) is 4.72 Å². The molecule has 0 aromatic rings. The molecule has 0 amide bonds. The van der Waals surface area contributed by atoms with Gasteiger partial charge in [-0.2, -0.15) is 0 Å². The molecule has 0 bridgehead atoms. The fourth-order valence-corrected chi connectivity index (χ4v) is 1.18. The Bertz CT molecular complexity index is 248. The summed E-state index contributed by atoms with van der Waals surface area (Å²) < 4.78 is 24.8. The van der Waals surface area contributed by atoms with Crippen LogP contribution < -0.4 is 4.72 Å². The first-order valence-electron chi connectivity index (χ1n) is 3.98. The van der Waals surface area contributed by atoms with Gasteiger partial charge in [-0.3, -0.25) is 0 Å². The highest BCUT2D eigenvalue weighted by Gasteiger charge is 2.13. The summed E-state index contributed by atoms with van der Waals surface area (Å²) >= 11 is 0. The summed E-state index contributed by atoms with van der Waals surface area (Å²) in [5.41, 5.74) is 1.11. The van der Waals surface area contributed by atoms with Gasteiger partial charge < -0.3 is 0 Å². The Labute approximate surface area is 74.9 Å². The van der Waals surface area contributed by atoms with Crippen LogP contribution in [0.3, 0.4) is 0 Å². The molecule has 72 valence electrons. The second-order valence-electron chi connectivity index (χ2n) is 3.22. The molecule has 0 spiro atoms. The smallest absolute Gasteiger partial charge is 0.212 e. The van der Waals surface area contributed by atoms with E-state index in [2.05, 4.69) is 4.72 Å². The molecular formula is C8H17NO2S. The Morgan fingerprint density at radius 3 is 2.25 bits per heavy atom. The monoisotopic (exact) mass is 191 g/mol. The van der Waals surface area contributed by atoms with E-state index in [0.29, 0.717) is 6.54 Å². The van der Waals surface area contributed by atoms with Crippen LogP contribution >= 0.6 is 0 Å². The zero-order valence-corrected chi connectivity index (χ0v) is 8.90. The zero-order valence-electron chi connectivity index (χ0n) is 8.09. The molecule has 0 rings (SSSR count). The fraction of sp³-hybridized carbons (Fsp3) is 0.750. The molecule has 4 heteroatoms. The topological polar surface area (TPSA) is 46.2 Å². The summed E-state index contributed by atoms with van der Waals surface area (Å²) in [6.45, 7) is 7.58. The Morgan fingerprint density at radius 1 is 1.42 bits per heavy atom. The average Bonchev–Trinajstić information content (AvgIpc) is 1.85. The largest absolute Gasteiger partial charge is 0.214 e. The van der Waals surface area contributed by atoms with Crippen molar-refractivity contribution in [1.29, 1.82) is 0 Å². The molecule has 0 aliphatic rings. The van der Waals surface area contributed by atoms with E-state index in [1.807, 2.05) is 19.9 Å². The number of allylic oxidation sites excluding steroid dienone is 1. The molecule has 0 aromatic heterocycles. The van der Waals surface area contributed by atoms with Crippen molar-refractivity contribution in [2.75, 3.05) is 6.54 Å². The van der Waals surface area contributed by atoms with E-state index in [0.717, 1.165) is 5.57 Å². The highest BCUT2D eigenvalue weighted by molar-refractivity contribution is 7.90. The van der Waals surface area contributed by atoms with E-state index in [9.17, 15) is 8.42 Å². The average molecular weight is 191 g/mol. The maximum absolute atomic E-state index is 11.2. The summed E-state index contributed by atoms with van der Waals surface area (Å²) in [5, 5.41) is -0.358. The first-order valence-corrected chi connectivity index (χ1v) is 5.52. The minimum atomic E-state index is -3.09. The van der Waals surface area contributed by atoms with Crippen LogP contribution in [0.5, 0.6) is 0 Å². The van der Waals surface area contributed by atoms with Crippen LogP contribution in [0.1, 0.15) is 27.7 Å². The van der Waals surface area contributed by atoms with Gasteiger partial charge in [-0.05, 0) is 27.7 Å². The minimum absolute atomic E-state index is 0.358. The molecule has 0 aliphatic carbocycles. The summed E-state index contributed by atoms with van der Waals surface area (Å²) in [5.74, 6) is 0. The third kappa shape index (κ3) is 4.51. The van der Waals surface area contributed by atoms with Crippen LogP contribution in [-0.2, 0) is 10.0 Å². The van der Waals surface area contributed by atoms with Crippen LogP contribution in [0.4, 0.5) is 0 Å². The second-order valence-corrected chi connectivity index (χ2v) is 5.55. The van der Waals surface area contributed by atoms with Gasteiger partial charge in [0.05, 0.1) is 5.25 Å². The van der Waals surface area contributed by atoms with E-state index >= 15 is 0 Å². The number of sulfonamides is 1. The molecular weight excluding hydrogens is 174 g/mol. The third-order valence-corrected chi connectivity index (χ3v) is 3.23.